The molecule has 1 N–H and O–H groups in total. The first-order valence-corrected chi connectivity index (χ1v) is 11.1. The monoisotopic (exact) mass is 457 g/mol. The molecule has 7 heteroatoms. The van der Waals surface area contributed by atoms with E-state index in [9.17, 15) is 4.79 Å². The lowest BCUT2D eigenvalue weighted by molar-refractivity contribution is 0.0487. The van der Waals surface area contributed by atoms with Crippen LogP contribution in [0.2, 0.25) is 10.2 Å². The van der Waals surface area contributed by atoms with E-state index >= 15 is 0 Å². The molecule has 31 heavy (non-hydrogen) atoms. The Kier molecular flexibility index (Phi) is 6.65. The molecule has 1 fully saturated rings. The number of nitrogens with one attached hydrogen (secondary N) is 1. The van der Waals surface area contributed by atoms with Crippen molar-refractivity contribution in [1.29, 1.82) is 0 Å². The molecule has 4 rings (SSSR count). The maximum Gasteiger partial charge on any atom is 0.256 e. The third-order valence-corrected chi connectivity index (χ3v) is 6.60. The number of benzene rings is 2. The maximum atomic E-state index is 13.1. The highest BCUT2D eigenvalue weighted by Gasteiger charge is 2.35. The van der Waals surface area contributed by atoms with Crippen LogP contribution in [0.5, 0.6) is 0 Å². The Bertz CT molecular complexity index is 1040. The van der Waals surface area contributed by atoms with E-state index in [1.165, 1.54) is 0 Å². The second kappa shape index (κ2) is 9.43. The molecular formula is C24H25Cl2N3O2. The summed E-state index contributed by atoms with van der Waals surface area (Å²) < 4.78 is 7.26. The van der Waals surface area contributed by atoms with Gasteiger partial charge < -0.3 is 10.1 Å². The molecule has 0 unspecified atom stereocenters. The Balaban J connectivity index is 1.52. The van der Waals surface area contributed by atoms with Gasteiger partial charge in [-0.25, -0.2) is 4.68 Å². The van der Waals surface area contributed by atoms with Crippen LogP contribution in [0.1, 0.15) is 40.0 Å². The van der Waals surface area contributed by atoms with E-state index in [0.29, 0.717) is 47.7 Å². The van der Waals surface area contributed by atoms with Crippen LogP contribution in [0.4, 0.5) is 0 Å². The molecule has 162 valence electrons. The minimum atomic E-state index is -0.207. The number of amides is 1. The van der Waals surface area contributed by atoms with Gasteiger partial charge in [-0.1, -0.05) is 65.7 Å². The van der Waals surface area contributed by atoms with Crippen LogP contribution >= 0.6 is 23.2 Å². The number of carbonyl (C=O) groups excluding carboxylic acids is 1. The largest absolute Gasteiger partial charge is 0.381 e. The Morgan fingerprint density at radius 3 is 2.45 bits per heavy atom. The summed E-state index contributed by atoms with van der Waals surface area (Å²) in [7, 11) is 0. The van der Waals surface area contributed by atoms with Gasteiger partial charge in [-0.2, -0.15) is 5.10 Å². The first-order valence-electron chi connectivity index (χ1n) is 10.4. The summed E-state index contributed by atoms with van der Waals surface area (Å²) in [4.78, 5) is 13.1. The van der Waals surface area contributed by atoms with Crippen molar-refractivity contribution in [2.45, 2.75) is 31.7 Å². The second-order valence-electron chi connectivity index (χ2n) is 7.98. The topological polar surface area (TPSA) is 56.2 Å². The highest BCUT2D eigenvalue weighted by Crippen LogP contribution is 2.35. The van der Waals surface area contributed by atoms with Crippen molar-refractivity contribution in [3.63, 3.8) is 0 Å². The summed E-state index contributed by atoms with van der Waals surface area (Å²) in [5.74, 6) is -0.207. The molecule has 1 aliphatic rings. The Labute approximate surface area is 192 Å². The average Bonchev–Trinajstić information content (AvgIpc) is 3.06. The number of hydrogen-bond donors (Lipinski definition) is 1. The minimum Gasteiger partial charge on any atom is -0.381 e. The molecule has 0 spiro atoms. The molecule has 0 bridgehead atoms. The highest BCUT2D eigenvalue weighted by atomic mass is 35.5. The average molecular weight is 458 g/mol. The van der Waals surface area contributed by atoms with Gasteiger partial charge in [0.05, 0.1) is 17.8 Å². The highest BCUT2D eigenvalue weighted by molar-refractivity contribution is 6.33. The number of hydrogen-bond acceptors (Lipinski definition) is 3. The summed E-state index contributed by atoms with van der Waals surface area (Å²) in [5, 5.41) is 8.66. The van der Waals surface area contributed by atoms with Crippen LogP contribution in [-0.2, 0) is 16.7 Å². The lowest BCUT2D eigenvalue weighted by Gasteiger charge is -2.38. The quantitative estimate of drug-likeness (QED) is 0.564. The lowest BCUT2D eigenvalue weighted by Crippen LogP contribution is -2.44. The number of aryl methyl sites for hydroxylation is 1. The van der Waals surface area contributed by atoms with Gasteiger partial charge in [0.2, 0.25) is 0 Å². The molecule has 2 heterocycles. The molecule has 0 atom stereocenters. The zero-order valence-corrected chi connectivity index (χ0v) is 18.9. The van der Waals surface area contributed by atoms with Gasteiger partial charge >= 0.3 is 0 Å². The number of nitrogens with zero attached hydrogens (tertiary/aromatic N) is 2. The van der Waals surface area contributed by atoms with Gasteiger partial charge in [-0.3, -0.25) is 4.79 Å². The number of halogens is 2. The molecule has 0 radical (unpaired) electrons. The van der Waals surface area contributed by atoms with Crippen molar-refractivity contribution in [1.82, 2.24) is 15.1 Å². The Morgan fingerprint density at radius 2 is 1.77 bits per heavy atom. The fraction of sp³-hybridized carbons (Fsp3) is 0.333. The lowest BCUT2D eigenvalue weighted by atomic mass is 9.74. The minimum absolute atomic E-state index is 0.196. The number of carbonyl (C=O) groups is 1. The molecule has 1 aliphatic heterocycles. The third-order valence-electron chi connectivity index (χ3n) is 5.96. The van der Waals surface area contributed by atoms with Crippen molar-refractivity contribution < 1.29 is 9.53 Å². The molecule has 1 saturated heterocycles. The van der Waals surface area contributed by atoms with Gasteiger partial charge in [-0.15, -0.1) is 0 Å². The van der Waals surface area contributed by atoms with Crippen LogP contribution in [0.15, 0.2) is 54.6 Å². The van der Waals surface area contributed by atoms with E-state index in [4.69, 9.17) is 27.9 Å². The van der Waals surface area contributed by atoms with Crippen molar-refractivity contribution in [2.75, 3.05) is 19.8 Å². The molecule has 3 aromatic rings. The maximum absolute atomic E-state index is 13.1. The fourth-order valence-corrected chi connectivity index (χ4v) is 4.59. The summed E-state index contributed by atoms with van der Waals surface area (Å²) in [6.07, 6.45) is 1.66. The van der Waals surface area contributed by atoms with Crippen LogP contribution in [-0.4, -0.2) is 35.4 Å². The Hall–Kier alpha value is -2.34. The van der Waals surface area contributed by atoms with Crippen molar-refractivity contribution >= 4 is 29.1 Å². The van der Waals surface area contributed by atoms with Crippen LogP contribution < -0.4 is 5.32 Å². The number of ether oxygens (including phenoxy) is 1. The van der Waals surface area contributed by atoms with Gasteiger partial charge in [0.15, 0.2) is 0 Å². The predicted molar refractivity (Wildman–Crippen MR) is 123 cm³/mol. The van der Waals surface area contributed by atoms with Crippen molar-refractivity contribution in [2.24, 2.45) is 0 Å². The first-order chi connectivity index (χ1) is 15.0. The van der Waals surface area contributed by atoms with Crippen molar-refractivity contribution in [3.8, 4) is 0 Å². The van der Waals surface area contributed by atoms with Crippen LogP contribution in [0, 0.1) is 6.92 Å². The SMILES string of the molecule is Cc1nn(Cc2ccccc2)c(Cl)c1C(=O)NCC1(c2ccc(Cl)cc2)CCOCC1. The summed E-state index contributed by atoms with van der Waals surface area (Å²) in [5.41, 5.74) is 3.08. The van der Waals surface area contributed by atoms with E-state index < -0.39 is 0 Å². The normalized spacial score (nSPS) is 15.6. The molecule has 2 aromatic carbocycles. The van der Waals surface area contributed by atoms with Gasteiger partial charge in [0.1, 0.15) is 5.15 Å². The molecule has 5 nitrogen and oxygen atoms in total. The second-order valence-corrected chi connectivity index (χ2v) is 8.77. The summed E-state index contributed by atoms with van der Waals surface area (Å²) in [6.45, 7) is 4.14. The number of rotatable bonds is 6. The van der Waals surface area contributed by atoms with E-state index in [-0.39, 0.29) is 11.3 Å². The molecule has 1 amide bonds. The fourth-order valence-electron chi connectivity index (χ4n) is 4.14. The standard InChI is InChI=1S/C24H25Cl2N3O2/c1-17-21(22(26)29(28-17)15-18-5-3-2-4-6-18)23(30)27-16-24(11-13-31-14-12-24)19-7-9-20(25)10-8-19/h2-10H,11-16H2,1H3,(H,27,30). The molecule has 0 saturated carbocycles. The zero-order valence-electron chi connectivity index (χ0n) is 17.4. The molecule has 0 aliphatic carbocycles. The predicted octanol–water partition coefficient (Wildman–Crippen LogP) is 5.02. The molecular weight excluding hydrogens is 433 g/mol. The van der Waals surface area contributed by atoms with E-state index in [1.54, 1.807) is 4.68 Å². The summed E-state index contributed by atoms with van der Waals surface area (Å²) in [6, 6.07) is 17.8. The van der Waals surface area contributed by atoms with Gasteiger partial charge in [0.25, 0.3) is 5.91 Å². The van der Waals surface area contributed by atoms with Crippen LogP contribution in [0.25, 0.3) is 0 Å². The van der Waals surface area contributed by atoms with Gasteiger partial charge in [0, 0.05) is 30.2 Å². The van der Waals surface area contributed by atoms with Crippen molar-refractivity contribution in [3.05, 3.63) is 87.2 Å². The molecule has 1 aromatic heterocycles. The first kappa shape index (κ1) is 21.9. The van der Waals surface area contributed by atoms with E-state index in [2.05, 4.69) is 10.4 Å². The van der Waals surface area contributed by atoms with E-state index in [0.717, 1.165) is 24.0 Å². The number of aromatic nitrogens is 2. The van der Waals surface area contributed by atoms with E-state index in [1.807, 2.05) is 61.5 Å². The zero-order chi connectivity index (χ0) is 21.8. The third kappa shape index (κ3) is 4.79. The summed E-state index contributed by atoms with van der Waals surface area (Å²) >= 11 is 12.7. The van der Waals surface area contributed by atoms with Gasteiger partial charge in [-0.05, 0) is 43.0 Å². The smallest absolute Gasteiger partial charge is 0.256 e. The Morgan fingerprint density at radius 1 is 1.10 bits per heavy atom. The van der Waals surface area contributed by atoms with Crippen LogP contribution in [0.3, 0.4) is 0 Å².